The van der Waals surface area contributed by atoms with E-state index in [0.29, 0.717) is 6.54 Å². The quantitative estimate of drug-likeness (QED) is 0.661. The monoisotopic (exact) mass is 355 g/mol. The van der Waals surface area contributed by atoms with E-state index in [1.54, 1.807) is 35.3 Å². The van der Waals surface area contributed by atoms with Crippen molar-refractivity contribution in [2.45, 2.75) is 18.0 Å². The predicted octanol–water partition coefficient (Wildman–Crippen LogP) is 2.72. The third-order valence-corrected chi connectivity index (χ3v) is 5.09. The summed E-state index contributed by atoms with van der Waals surface area (Å²) in [5.74, 6) is -0.0904. The Hall–Kier alpha value is -2.47. The first-order chi connectivity index (χ1) is 12.0. The van der Waals surface area contributed by atoms with Crippen LogP contribution in [0, 0.1) is 0 Å². The SMILES string of the molecule is CSc1ccc(CN(C)C(=O)Cn2c(=O)n(C)c3ccccc32)cc1. The van der Waals surface area contributed by atoms with Gasteiger partial charge in [0.2, 0.25) is 5.91 Å². The number of nitrogens with zero attached hydrogens (tertiary/aromatic N) is 3. The first-order valence-corrected chi connectivity index (χ1v) is 9.25. The highest BCUT2D eigenvalue weighted by atomic mass is 32.2. The summed E-state index contributed by atoms with van der Waals surface area (Å²) in [5.41, 5.74) is 2.50. The van der Waals surface area contributed by atoms with Crippen molar-refractivity contribution in [2.75, 3.05) is 13.3 Å². The number of aromatic nitrogens is 2. The van der Waals surface area contributed by atoms with E-state index in [1.165, 1.54) is 9.46 Å². The van der Waals surface area contributed by atoms with Crippen molar-refractivity contribution in [3.05, 3.63) is 64.6 Å². The zero-order valence-electron chi connectivity index (χ0n) is 14.6. The lowest BCUT2D eigenvalue weighted by atomic mass is 10.2. The molecule has 1 heterocycles. The molecule has 2 aromatic carbocycles. The number of carbonyl (C=O) groups excluding carboxylic acids is 1. The van der Waals surface area contributed by atoms with Crippen molar-refractivity contribution >= 4 is 28.7 Å². The minimum Gasteiger partial charge on any atom is -0.340 e. The van der Waals surface area contributed by atoms with Crippen LogP contribution in [0.3, 0.4) is 0 Å². The lowest BCUT2D eigenvalue weighted by Crippen LogP contribution is -2.33. The van der Waals surface area contributed by atoms with Gasteiger partial charge in [0.15, 0.2) is 0 Å². The van der Waals surface area contributed by atoms with Crippen LogP contribution in [0.4, 0.5) is 0 Å². The van der Waals surface area contributed by atoms with Crippen LogP contribution in [0.2, 0.25) is 0 Å². The Kier molecular flexibility index (Phi) is 4.99. The molecular weight excluding hydrogens is 334 g/mol. The van der Waals surface area contributed by atoms with Gasteiger partial charge in [-0.25, -0.2) is 4.79 Å². The second-order valence-electron chi connectivity index (χ2n) is 6.01. The molecule has 25 heavy (non-hydrogen) atoms. The van der Waals surface area contributed by atoms with Gasteiger partial charge in [-0.1, -0.05) is 24.3 Å². The van der Waals surface area contributed by atoms with Gasteiger partial charge in [0.1, 0.15) is 6.54 Å². The lowest BCUT2D eigenvalue weighted by molar-refractivity contribution is -0.131. The van der Waals surface area contributed by atoms with E-state index in [1.807, 2.05) is 54.8 Å². The fourth-order valence-electron chi connectivity index (χ4n) is 2.86. The maximum absolute atomic E-state index is 12.6. The molecule has 3 aromatic rings. The summed E-state index contributed by atoms with van der Waals surface area (Å²) in [5, 5.41) is 0. The largest absolute Gasteiger partial charge is 0.340 e. The van der Waals surface area contributed by atoms with Crippen molar-refractivity contribution in [1.82, 2.24) is 14.0 Å². The third kappa shape index (κ3) is 3.49. The maximum Gasteiger partial charge on any atom is 0.329 e. The fraction of sp³-hybridized carbons (Fsp3) is 0.263. The molecule has 1 amide bonds. The van der Waals surface area contributed by atoms with Gasteiger partial charge < -0.3 is 4.90 Å². The first-order valence-electron chi connectivity index (χ1n) is 8.02. The average molecular weight is 355 g/mol. The third-order valence-electron chi connectivity index (χ3n) is 4.35. The molecule has 0 bridgehead atoms. The first kappa shape index (κ1) is 17.4. The number of fused-ring (bicyclic) bond motifs is 1. The summed E-state index contributed by atoms with van der Waals surface area (Å²) in [6.07, 6.45) is 2.03. The van der Waals surface area contributed by atoms with Gasteiger partial charge in [0.05, 0.1) is 11.0 Å². The van der Waals surface area contributed by atoms with E-state index in [-0.39, 0.29) is 18.1 Å². The normalized spacial score (nSPS) is 11.0. The second kappa shape index (κ2) is 7.19. The van der Waals surface area contributed by atoms with Crippen molar-refractivity contribution in [3.63, 3.8) is 0 Å². The molecule has 0 saturated heterocycles. The summed E-state index contributed by atoms with van der Waals surface area (Å²) in [4.78, 5) is 27.9. The van der Waals surface area contributed by atoms with Crippen LogP contribution in [0.15, 0.2) is 58.2 Å². The fourth-order valence-corrected chi connectivity index (χ4v) is 3.27. The predicted molar refractivity (Wildman–Crippen MR) is 102 cm³/mol. The summed E-state index contributed by atoms with van der Waals surface area (Å²) in [6.45, 7) is 0.562. The van der Waals surface area contributed by atoms with E-state index >= 15 is 0 Å². The average Bonchev–Trinajstić information content (AvgIpc) is 2.87. The van der Waals surface area contributed by atoms with E-state index in [4.69, 9.17) is 0 Å². The Bertz CT molecular complexity index is 957. The van der Waals surface area contributed by atoms with Crippen LogP contribution in [-0.4, -0.2) is 33.2 Å². The molecule has 0 N–H and O–H groups in total. The van der Waals surface area contributed by atoms with Gasteiger partial charge in [-0.3, -0.25) is 13.9 Å². The summed E-state index contributed by atoms with van der Waals surface area (Å²) >= 11 is 1.69. The van der Waals surface area contributed by atoms with Crippen LogP contribution in [0.25, 0.3) is 11.0 Å². The maximum atomic E-state index is 12.6. The molecule has 0 unspecified atom stereocenters. The molecular formula is C19H21N3O2S. The Morgan fingerprint density at radius 1 is 1.08 bits per heavy atom. The van der Waals surface area contributed by atoms with Crippen LogP contribution < -0.4 is 5.69 Å². The van der Waals surface area contributed by atoms with Crippen LogP contribution in [0.1, 0.15) is 5.56 Å². The van der Waals surface area contributed by atoms with Gasteiger partial charge in [-0.15, -0.1) is 11.8 Å². The number of hydrogen-bond donors (Lipinski definition) is 0. The number of aryl methyl sites for hydroxylation is 1. The number of rotatable bonds is 5. The molecule has 0 saturated carbocycles. The highest BCUT2D eigenvalue weighted by molar-refractivity contribution is 7.98. The highest BCUT2D eigenvalue weighted by Crippen LogP contribution is 2.16. The minimum absolute atomic E-state index is 0.0413. The zero-order chi connectivity index (χ0) is 18.0. The number of para-hydroxylation sites is 2. The number of imidazole rings is 1. The summed E-state index contributed by atoms with van der Waals surface area (Å²) in [7, 11) is 3.49. The van der Waals surface area contributed by atoms with Crippen molar-refractivity contribution in [3.8, 4) is 0 Å². The zero-order valence-corrected chi connectivity index (χ0v) is 15.4. The number of thioether (sulfide) groups is 1. The van der Waals surface area contributed by atoms with Gasteiger partial charge >= 0.3 is 5.69 Å². The standard InChI is InChI=1S/C19H21N3O2S/c1-20(12-14-8-10-15(25-3)11-9-14)18(23)13-22-17-7-5-4-6-16(17)21(2)19(22)24/h4-11H,12-13H2,1-3H3. The van der Waals surface area contributed by atoms with E-state index < -0.39 is 0 Å². The van der Waals surface area contributed by atoms with Crippen molar-refractivity contribution in [2.24, 2.45) is 7.05 Å². The molecule has 6 heteroatoms. The van der Waals surface area contributed by atoms with E-state index in [9.17, 15) is 9.59 Å². The van der Waals surface area contributed by atoms with Crippen molar-refractivity contribution < 1.29 is 4.79 Å². The van der Waals surface area contributed by atoms with Crippen LogP contribution in [0.5, 0.6) is 0 Å². The molecule has 0 radical (unpaired) electrons. The Morgan fingerprint density at radius 3 is 2.36 bits per heavy atom. The number of benzene rings is 2. The topological polar surface area (TPSA) is 47.2 Å². The molecule has 1 aromatic heterocycles. The van der Waals surface area contributed by atoms with E-state index in [0.717, 1.165) is 16.6 Å². The van der Waals surface area contributed by atoms with Crippen LogP contribution >= 0.6 is 11.8 Å². The summed E-state index contributed by atoms with van der Waals surface area (Å²) in [6, 6.07) is 15.7. The molecule has 5 nitrogen and oxygen atoms in total. The van der Waals surface area contributed by atoms with Crippen LogP contribution in [-0.2, 0) is 24.9 Å². The van der Waals surface area contributed by atoms with Crippen molar-refractivity contribution in [1.29, 1.82) is 0 Å². The molecule has 0 aliphatic rings. The molecule has 3 rings (SSSR count). The number of hydrogen-bond acceptors (Lipinski definition) is 3. The number of amides is 1. The van der Waals surface area contributed by atoms with E-state index in [2.05, 4.69) is 0 Å². The van der Waals surface area contributed by atoms with Gasteiger partial charge in [0.25, 0.3) is 0 Å². The number of likely N-dealkylation sites (N-methyl/N-ethyl adjacent to an activating group) is 1. The molecule has 0 fully saturated rings. The molecule has 0 aliphatic carbocycles. The van der Waals surface area contributed by atoms with Gasteiger partial charge in [-0.05, 0) is 36.1 Å². The smallest absolute Gasteiger partial charge is 0.329 e. The van der Waals surface area contributed by atoms with Gasteiger partial charge in [-0.2, -0.15) is 0 Å². The Labute approximate surface area is 150 Å². The molecule has 0 atom stereocenters. The Morgan fingerprint density at radius 2 is 1.72 bits per heavy atom. The highest BCUT2D eigenvalue weighted by Gasteiger charge is 2.16. The number of carbonyl (C=O) groups is 1. The molecule has 130 valence electrons. The molecule has 0 spiro atoms. The minimum atomic E-state index is -0.174. The Balaban J connectivity index is 1.77. The molecule has 0 aliphatic heterocycles. The van der Waals surface area contributed by atoms with Gasteiger partial charge in [0, 0.05) is 25.5 Å². The lowest BCUT2D eigenvalue weighted by Gasteiger charge is -2.17. The summed E-state index contributed by atoms with van der Waals surface area (Å²) < 4.78 is 3.11. The second-order valence-corrected chi connectivity index (χ2v) is 6.89.